The van der Waals surface area contributed by atoms with Crippen LogP contribution >= 0.6 is 11.6 Å². The topological polar surface area (TPSA) is 74.7 Å². The highest BCUT2D eigenvalue weighted by Crippen LogP contribution is 2.30. The molecule has 1 aromatic heterocycles. The smallest absolute Gasteiger partial charge is 0.355 e. The van der Waals surface area contributed by atoms with Crippen LogP contribution in [0.2, 0.25) is 5.02 Å². The van der Waals surface area contributed by atoms with Crippen LogP contribution in [-0.2, 0) is 6.61 Å². The van der Waals surface area contributed by atoms with Crippen LogP contribution < -0.4 is 20.8 Å². The highest BCUT2D eigenvalue weighted by atomic mass is 35.5. The molecule has 0 atom stereocenters. The van der Waals surface area contributed by atoms with Gasteiger partial charge in [0, 0.05) is 23.3 Å². The number of rotatable bonds is 5. The number of urea groups is 1. The lowest BCUT2D eigenvalue weighted by Crippen LogP contribution is -2.38. The van der Waals surface area contributed by atoms with Crippen molar-refractivity contribution in [3.8, 4) is 11.4 Å². The van der Waals surface area contributed by atoms with Gasteiger partial charge in [-0.3, -0.25) is 0 Å². The molecule has 0 saturated carbocycles. The molecule has 0 aliphatic carbocycles. The number of aromatic nitrogens is 2. The summed E-state index contributed by atoms with van der Waals surface area (Å²) in [5.41, 5.74) is 10.9. The van der Waals surface area contributed by atoms with Gasteiger partial charge in [-0.15, -0.1) is 11.1 Å². The molecule has 0 bridgehead atoms. The molecular formula is C21H23ClN6O2. The van der Waals surface area contributed by atoms with Crippen molar-refractivity contribution < 1.29 is 9.53 Å². The van der Waals surface area contributed by atoms with Crippen LogP contribution in [-0.4, -0.2) is 27.9 Å². The molecule has 1 aliphatic heterocycles. The molecule has 2 N–H and O–H groups in total. The fourth-order valence-electron chi connectivity index (χ4n) is 3.40. The standard InChI is InChI=1S/C21H23ClN6O2/c1-13-10-16(27-15(3)11-14(2)23-27)8-9-20(13)30-12-17-18(22)6-5-7-19(17)28-21(29)26(4)24-25-28/h5-11,24-25H,12H2,1-4H3. The van der Waals surface area contributed by atoms with Crippen molar-refractivity contribution >= 4 is 23.3 Å². The molecule has 4 rings (SSSR count). The second kappa shape index (κ2) is 7.98. The number of nitrogens with zero attached hydrogens (tertiary/aromatic N) is 4. The van der Waals surface area contributed by atoms with E-state index in [-0.39, 0.29) is 12.6 Å². The minimum atomic E-state index is -0.246. The summed E-state index contributed by atoms with van der Waals surface area (Å²) in [6, 6.07) is 13.1. The second-order valence-electron chi connectivity index (χ2n) is 7.22. The second-order valence-corrected chi connectivity index (χ2v) is 7.62. The lowest BCUT2D eigenvalue weighted by molar-refractivity contribution is 0.214. The maximum Gasteiger partial charge on any atom is 0.355 e. The largest absolute Gasteiger partial charge is 0.488 e. The third-order valence-corrected chi connectivity index (χ3v) is 5.28. The molecule has 3 aromatic rings. The van der Waals surface area contributed by atoms with Crippen LogP contribution in [0.3, 0.4) is 0 Å². The van der Waals surface area contributed by atoms with Gasteiger partial charge in [-0.2, -0.15) is 5.10 Å². The zero-order valence-electron chi connectivity index (χ0n) is 17.2. The Morgan fingerprint density at radius 1 is 1.10 bits per heavy atom. The number of nitrogens with one attached hydrogen (secondary N) is 2. The first-order chi connectivity index (χ1) is 14.3. The fraction of sp³-hybridized carbons (Fsp3) is 0.238. The first kappa shape index (κ1) is 20.2. The Hall–Kier alpha value is -3.07. The van der Waals surface area contributed by atoms with Crippen LogP contribution in [0.5, 0.6) is 5.75 Å². The number of hydrazine groups is 3. The molecule has 156 valence electrons. The zero-order valence-corrected chi connectivity index (χ0v) is 18.0. The Labute approximate surface area is 179 Å². The van der Waals surface area contributed by atoms with Crippen molar-refractivity contribution in [1.29, 1.82) is 0 Å². The summed E-state index contributed by atoms with van der Waals surface area (Å²) in [6.45, 7) is 6.20. The molecule has 2 heterocycles. The SMILES string of the molecule is Cc1cc(C)n(-c2ccc(OCc3c(Cl)cccc3N3NNN(C)C3=O)c(C)c2)n1. The van der Waals surface area contributed by atoms with Gasteiger partial charge in [-0.1, -0.05) is 17.7 Å². The number of benzene rings is 2. The van der Waals surface area contributed by atoms with Crippen molar-refractivity contribution in [2.45, 2.75) is 27.4 Å². The number of amides is 2. The average molecular weight is 427 g/mol. The molecule has 30 heavy (non-hydrogen) atoms. The fourth-order valence-corrected chi connectivity index (χ4v) is 3.63. The first-order valence-corrected chi connectivity index (χ1v) is 9.86. The van der Waals surface area contributed by atoms with Gasteiger partial charge in [0.1, 0.15) is 12.4 Å². The van der Waals surface area contributed by atoms with Crippen molar-refractivity contribution in [3.63, 3.8) is 0 Å². The van der Waals surface area contributed by atoms with Gasteiger partial charge in [0.25, 0.3) is 0 Å². The highest BCUT2D eigenvalue weighted by Gasteiger charge is 2.29. The lowest BCUT2D eigenvalue weighted by atomic mass is 10.1. The van der Waals surface area contributed by atoms with E-state index < -0.39 is 0 Å². The number of carbonyl (C=O) groups is 1. The van der Waals surface area contributed by atoms with Crippen molar-refractivity contribution in [3.05, 3.63) is 70.0 Å². The molecule has 8 nitrogen and oxygen atoms in total. The summed E-state index contributed by atoms with van der Waals surface area (Å²) in [7, 11) is 1.63. The van der Waals surface area contributed by atoms with E-state index in [1.807, 2.05) is 55.8 Å². The van der Waals surface area contributed by atoms with Gasteiger partial charge in [-0.05, 0) is 62.7 Å². The minimum Gasteiger partial charge on any atom is -0.488 e. The van der Waals surface area contributed by atoms with Crippen molar-refractivity contribution in [1.82, 2.24) is 25.9 Å². The van der Waals surface area contributed by atoms with Gasteiger partial charge in [0.2, 0.25) is 0 Å². The monoisotopic (exact) mass is 426 g/mol. The van der Waals surface area contributed by atoms with E-state index in [0.29, 0.717) is 16.3 Å². The van der Waals surface area contributed by atoms with E-state index in [4.69, 9.17) is 16.3 Å². The quantitative estimate of drug-likeness (QED) is 0.648. The Bertz CT molecular complexity index is 1110. The number of hydrogen-bond donors (Lipinski definition) is 2. The molecular weight excluding hydrogens is 404 g/mol. The van der Waals surface area contributed by atoms with E-state index in [2.05, 4.69) is 16.2 Å². The van der Waals surface area contributed by atoms with Crippen molar-refractivity contribution in [2.24, 2.45) is 0 Å². The van der Waals surface area contributed by atoms with Crippen molar-refractivity contribution in [2.75, 3.05) is 12.1 Å². The van der Waals surface area contributed by atoms with E-state index in [0.717, 1.165) is 28.4 Å². The third-order valence-electron chi connectivity index (χ3n) is 4.93. The number of halogens is 1. The van der Waals surface area contributed by atoms with Crippen LogP contribution in [0.4, 0.5) is 10.5 Å². The summed E-state index contributed by atoms with van der Waals surface area (Å²) in [5, 5.41) is 7.78. The molecule has 1 saturated heterocycles. The van der Waals surface area contributed by atoms with Crippen LogP contribution in [0.1, 0.15) is 22.5 Å². The molecule has 2 aromatic carbocycles. The third kappa shape index (κ3) is 3.72. The molecule has 1 aliphatic rings. The molecule has 0 spiro atoms. The van der Waals surface area contributed by atoms with Gasteiger partial charge < -0.3 is 4.74 Å². The van der Waals surface area contributed by atoms with E-state index in [1.165, 1.54) is 10.0 Å². The average Bonchev–Trinajstić information content (AvgIpc) is 3.22. The summed E-state index contributed by atoms with van der Waals surface area (Å²) in [6.07, 6.45) is 0. The van der Waals surface area contributed by atoms with Gasteiger partial charge in [0.15, 0.2) is 0 Å². The minimum absolute atomic E-state index is 0.213. The maximum atomic E-state index is 12.3. The number of aryl methyl sites for hydroxylation is 3. The van der Waals surface area contributed by atoms with Crippen LogP contribution in [0, 0.1) is 20.8 Å². The summed E-state index contributed by atoms with van der Waals surface area (Å²) in [5.74, 6) is 0.738. The Kier molecular flexibility index (Phi) is 5.38. The Morgan fingerprint density at radius 2 is 1.90 bits per heavy atom. The molecule has 9 heteroatoms. The van der Waals surface area contributed by atoms with E-state index in [9.17, 15) is 4.79 Å². The number of carbonyl (C=O) groups excluding carboxylic acids is 1. The lowest BCUT2D eigenvalue weighted by Gasteiger charge is -2.19. The zero-order chi connectivity index (χ0) is 21.4. The normalized spacial score (nSPS) is 14.0. The number of ether oxygens (including phenoxy) is 1. The number of hydrogen-bond acceptors (Lipinski definition) is 5. The Morgan fingerprint density at radius 3 is 2.53 bits per heavy atom. The summed E-state index contributed by atoms with van der Waals surface area (Å²) in [4.78, 5) is 12.3. The molecule has 0 radical (unpaired) electrons. The summed E-state index contributed by atoms with van der Waals surface area (Å²) >= 11 is 6.43. The van der Waals surface area contributed by atoms with E-state index >= 15 is 0 Å². The molecule has 0 unspecified atom stereocenters. The predicted octanol–water partition coefficient (Wildman–Crippen LogP) is 3.83. The van der Waals surface area contributed by atoms with Gasteiger partial charge in [-0.25, -0.2) is 19.5 Å². The maximum absolute atomic E-state index is 12.3. The highest BCUT2D eigenvalue weighted by molar-refractivity contribution is 6.31. The summed E-state index contributed by atoms with van der Waals surface area (Å²) < 4.78 is 7.99. The van der Waals surface area contributed by atoms with Gasteiger partial charge >= 0.3 is 6.03 Å². The Balaban J connectivity index is 1.57. The predicted molar refractivity (Wildman–Crippen MR) is 115 cm³/mol. The van der Waals surface area contributed by atoms with Gasteiger partial charge in [0.05, 0.1) is 17.1 Å². The molecule has 1 fully saturated rings. The number of anilines is 1. The van der Waals surface area contributed by atoms with E-state index in [1.54, 1.807) is 19.2 Å². The van der Waals surface area contributed by atoms with Crippen LogP contribution in [0.25, 0.3) is 5.69 Å². The van der Waals surface area contributed by atoms with Crippen LogP contribution in [0.15, 0.2) is 42.5 Å². The molecule has 2 amide bonds. The first-order valence-electron chi connectivity index (χ1n) is 9.48.